The maximum atomic E-state index is 5.35. The Hall–Kier alpha value is -1.44. The first-order valence-electron chi connectivity index (χ1n) is 5.02. The van der Waals surface area contributed by atoms with Crippen LogP contribution in [-0.2, 0) is 0 Å². The number of hydrogen-bond donors (Lipinski definition) is 0. The zero-order valence-electron chi connectivity index (χ0n) is 7.95. The van der Waals surface area contributed by atoms with Gasteiger partial charge in [-0.15, -0.1) is 0 Å². The lowest BCUT2D eigenvalue weighted by Crippen LogP contribution is -1.92. The second-order valence-electron chi connectivity index (χ2n) is 3.69. The van der Waals surface area contributed by atoms with Gasteiger partial charge in [0.1, 0.15) is 0 Å². The van der Waals surface area contributed by atoms with Gasteiger partial charge in [0.25, 0.3) is 0 Å². The molecule has 0 atom stereocenters. The van der Waals surface area contributed by atoms with Crippen LogP contribution < -0.4 is 9.47 Å². The number of benzene rings is 1. The van der Waals surface area contributed by atoms with Crippen molar-refractivity contribution in [2.24, 2.45) is 0 Å². The average Bonchev–Trinajstić information content (AvgIpc) is 2.88. The molecular weight excluding hydrogens is 176 g/mol. The van der Waals surface area contributed by atoms with Crippen LogP contribution in [0, 0.1) is 0 Å². The quantitative estimate of drug-likeness (QED) is 0.674. The Morgan fingerprint density at radius 2 is 2.00 bits per heavy atom. The molecule has 3 rings (SSSR count). The van der Waals surface area contributed by atoms with E-state index in [-0.39, 0.29) is 0 Å². The highest BCUT2D eigenvalue weighted by Gasteiger charge is 2.15. The molecule has 0 radical (unpaired) electrons. The smallest absolute Gasteiger partial charge is 0.231 e. The first kappa shape index (κ1) is 7.92. The van der Waals surface area contributed by atoms with Crippen LogP contribution in [0.4, 0.5) is 0 Å². The van der Waals surface area contributed by atoms with Crippen LogP contribution in [0.1, 0.15) is 24.8 Å². The normalized spacial score (nSPS) is 18.4. The highest BCUT2D eigenvalue weighted by atomic mass is 16.7. The fraction of sp³-hybridized carbons (Fsp3) is 0.333. The Balaban J connectivity index is 2.00. The number of rotatable bonds is 1. The van der Waals surface area contributed by atoms with E-state index in [1.165, 1.54) is 30.4 Å². The first-order valence-corrected chi connectivity index (χ1v) is 5.02. The highest BCUT2D eigenvalue weighted by molar-refractivity contribution is 5.69. The predicted octanol–water partition coefficient (Wildman–Crippen LogP) is 2.98. The predicted molar refractivity (Wildman–Crippen MR) is 54.4 cm³/mol. The van der Waals surface area contributed by atoms with Crippen molar-refractivity contribution in [3.05, 3.63) is 29.8 Å². The summed E-state index contributed by atoms with van der Waals surface area (Å²) in [5, 5.41) is 0. The molecule has 0 bridgehead atoms. The topological polar surface area (TPSA) is 18.5 Å². The van der Waals surface area contributed by atoms with Crippen LogP contribution in [0.15, 0.2) is 24.3 Å². The van der Waals surface area contributed by atoms with Gasteiger partial charge in [-0.1, -0.05) is 12.1 Å². The largest absolute Gasteiger partial charge is 0.454 e. The summed E-state index contributed by atoms with van der Waals surface area (Å²) in [6.45, 7) is 0.359. The molecule has 2 heteroatoms. The van der Waals surface area contributed by atoms with E-state index in [4.69, 9.17) is 9.47 Å². The van der Waals surface area contributed by atoms with Gasteiger partial charge in [-0.2, -0.15) is 0 Å². The third-order valence-corrected chi connectivity index (χ3v) is 2.78. The molecule has 0 N–H and O–H groups in total. The molecule has 0 fully saturated rings. The van der Waals surface area contributed by atoms with E-state index in [0.717, 1.165) is 11.5 Å². The summed E-state index contributed by atoms with van der Waals surface area (Å²) in [6, 6.07) is 6.20. The molecule has 14 heavy (non-hydrogen) atoms. The van der Waals surface area contributed by atoms with E-state index >= 15 is 0 Å². The van der Waals surface area contributed by atoms with E-state index in [9.17, 15) is 0 Å². The lowest BCUT2D eigenvalue weighted by Gasteiger charge is -2.03. The summed E-state index contributed by atoms with van der Waals surface area (Å²) >= 11 is 0. The van der Waals surface area contributed by atoms with Gasteiger partial charge in [0.05, 0.1) is 0 Å². The number of allylic oxidation sites excluding steroid dienone is 2. The molecule has 0 spiro atoms. The summed E-state index contributed by atoms with van der Waals surface area (Å²) < 4.78 is 10.6. The lowest BCUT2D eigenvalue weighted by atomic mass is 10.1. The third-order valence-electron chi connectivity index (χ3n) is 2.78. The number of hydrogen-bond acceptors (Lipinski definition) is 2. The van der Waals surface area contributed by atoms with Gasteiger partial charge in [0.2, 0.25) is 6.79 Å². The Morgan fingerprint density at radius 3 is 2.86 bits per heavy atom. The van der Waals surface area contributed by atoms with Gasteiger partial charge in [-0.3, -0.25) is 0 Å². The van der Waals surface area contributed by atoms with Crippen LogP contribution in [-0.4, -0.2) is 6.79 Å². The summed E-state index contributed by atoms with van der Waals surface area (Å²) in [5.41, 5.74) is 2.73. The summed E-state index contributed by atoms with van der Waals surface area (Å²) in [7, 11) is 0. The molecule has 2 nitrogen and oxygen atoms in total. The second kappa shape index (κ2) is 3.05. The minimum atomic E-state index is 0.359. The minimum absolute atomic E-state index is 0.359. The summed E-state index contributed by atoms with van der Waals surface area (Å²) in [6.07, 6.45) is 6.00. The summed E-state index contributed by atoms with van der Waals surface area (Å²) in [5.74, 6) is 1.75. The zero-order valence-corrected chi connectivity index (χ0v) is 7.95. The maximum Gasteiger partial charge on any atom is 0.231 e. The SMILES string of the molecule is C1=C(c2ccc3c(c2)OCO3)CCC1. The number of fused-ring (bicyclic) bond motifs is 1. The van der Waals surface area contributed by atoms with Crippen molar-refractivity contribution in [2.75, 3.05) is 6.79 Å². The van der Waals surface area contributed by atoms with Crippen LogP contribution in [0.2, 0.25) is 0 Å². The molecule has 1 aromatic rings. The molecule has 1 aromatic carbocycles. The lowest BCUT2D eigenvalue weighted by molar-refractivity contribution is 0.174. The highest BCUT2D eigenvalue weighted by Crippen LogP contribution is 2.36. The summed E-state index contributed by atoms with van der Waals surface area (Å²) in [4.78, 5) is 0. The van der Waals surface area contributed by atoms with Crippen LogP contribution in [0.3, 0.4) is 0 Å². The Kier molecular flexibility index (Phi) is 1.72. The molecule has 1 aliphatic carbocycles. The van der Waals surface area contributed by atoms with Gasteiger partial charge in [0.15, 0.2) is 11.5 Å². The van der Waals surface area contributed by atoms with Gasteiger partial charge >= 0.3 is 0 Å². The van der Waals surface area contributed by atoms with Crippen molar-refractivity contribution in [3.63, 3.8) is 0 Å². The molecule has 1 heterocycles. The van der Waals surface area contributed by atoms with Crippen molar-refractivity contribution in [2.45, 2.75) is 19.3 Å². The molecule has 0 aromatic heterocycles. The third kappa shape index (κ3) is 1.18. The molecule has 0 unspecified atom stereocenters. The van der Waals surface area contributed by atoms with Gasteiger partial charge in [-0.25, -0.2) is 0 Å². The standard InChI is InChI=1S/C12H12O2/c1-2-4-9(3-1)10-5-6-11-12(7-10)14-8-13-11/h3,5-7H,1-2,4,8H2. The molecule has 0 amide bonds. The molecule has 0 saturated heterocycles. The van der Waals surface area contributed by atoms with Crippen molar-refractivity contribution >= 4 is 5.57 Å². The molecule has 72 valence electrons. The maximum absolute atomic E-state index is 5.35. The Labute approximate surface area is 83.1 Å². The minimum Gasteiger partial charge on any atom is -0.454 e. The van der Waals surface area contributed by atoms with Crippen molar-refractivity contribution < 1.29 is 9.47 Å². The van der Waals surface area contributed by atoms with Gasteiger partial charge in [-0.05, 0) is 42.5 Å². The monoisotopic (exact) mass is 188 g/mol. The van der Waals surface area contributed by atoms with Crippen LogP contribution in [0.5, 0.6) is 11.5 Å². The van der Waals surface area contributed by atoms with Gasteiger partial charge in [0, 0.05) is 0 Å². The Morgan fingerprint density at radius 1 is 1.07 bits per heavy atom. The van der Waals surface area contributed by atoms with Crippen LogP contribution in [0.25, 0.3) is 5.57 Å². The van der Waals surface area contributed by atoms with E-state index in [1.54, 1.807) is 0 Å². The molecule has 1 aliphatic heterocycles. The fourth-order valence-corrected chi connectivity index (χ4v) is 2.03. The second-order valence-corrected chi connectivity index (χ2v) is 3.69. The molecule has 0 saturated carbocycles. The molecule has 2 aliphatic rings. The van der Waals surface area contributed by atoms with E-state index in [0.29, 0.717) is 6.79 Å². The average molecular weight is 188 g/mol. The Bertz CT molecular complexity index is 393. The fourth-order valence-electron chi connectivity index (χ4n) is 2.03. The number of ether oxygens (including phenoxy) is 2. The van der Waals surface area contributed by atoms with Crippen molar-refractivity contribution in [3.8, 4) is 11.5 Å². The van der Waals surface area contributed by atoms with Gasteiger partial charge < -0.3 is 9.47 Å². The zero-order chi connectivity index (χ0) is 9.38. The van der Waals surface area contributed by atoms with Crippen molar-refractivity contribution in [1.82, 2.24) is 0 Å². The van der Waals surface area contributed by atoms with E-state index in [1.807, 2.05) is 6.07 Å². The van der Waals surface area contributed by atoms with E-state index in [2.05, 4.69) is 18.2 Å². The van der Waals surface area contributed by atoms with Crippen molar-refractivity contribution in [1.29, 1.82) is 0 Å². The van der Waals surface area contributed by atoms with E-state index < -0.39 is 0 Å². The van der Waals surface area contributed by atoms with Crippen LogP contribution >= 0.6 is 0 Å². The molecular formula is C12H12O2. The first-order chi connectivity index (χ1) is 6.93.